The van der Waals surface area contributed by atoms with Crippen molar-refractivity contribution >= 4 is 5.91 Å². The summed E-state index contributed by atoms with van der Waals surface area (Å²) in [6, 6.07) is 5.73. The second kappa shape index (κ2) is 5.61. The topological polar surface area (TPSA) is 55.1 Å². The molecule has 0 bridgehead atoms. The summed E-state index contributed by atoms with van der Waals surface area (Å²) in [5, 5.41) is 2.78. The molecule has 1 amide bonds. The van der Waals surface area contributed by atoms with Crippen LogP contribution < -0.4 is 11.1 Å². The summed E-state index contributed by atoms with van der Waals surface area (Å²) in [6.07, 6.45) is 0.665. The van der Waals surface area contributed by atoms with E-state index in [1.165, 1.54) is 12.1 Å². The molecule has 1 rings (SSSR count). The molecule has 0 radical (unpaired) electrons. The molecule has 3 N–H and O–H groups in total. The number of amides is 1. The molecule has 0 heterocycles. The van der Waals surface area contributed by atoms with Gasteiger partial charge in [0.1, 0.15) is 5.82 Å². The number of rotatable bonds is 4. The number of carbonyl (C=O) groups is 1. The molecule has 0 aliphatic heterocycles. The fraction of sp³-hybridized carbons (Fsp3) is 0.417. The number of nitrogens with one attached hydrogen (secondary N) is 1. The van der Waals surface area contributed by atoms with Gasteiger partial charge in [0.15, 0.2) is 0 Å². The molecule has 88 valence electrons. The molecule has 0 aromatic heterocycles. The first-order chi connectivity index (χ1) is 7.49. The molecule has 1 unspecified atom stereocenters. The maximum Gasteiger partial charge on any atom is 0.236 e. The minimum absolute atomic E-state index is 0.0102. The summed E-state index contributed by atoms with van der Waals surface area (Å²) >= 11 is 0. The largest absolute Gasteiger partial charge is 0.352 e. The first-order valence-corrected chi connectivity index (χ1v) is 5.29. The Bertz CT molecular complexity index is 349. The molecule has 0 aliphatic carbocycles. The molecule has 1 aromatic carbocycles. The van der Waals surface area contributed by atoms with Gasteiger partial charge >= 0.3 is 0 Å². The first kappa shape index (κ1) is 12.6. The van der Waals surface area contributed by atoms with Gasteiger partial charge in [0.25, 0.3) is 0 Å². The lowest BCUT2D eigenvalue weighted by atomic mass is 10.1. The molecule has 0 aliphatic rings. The molecule has 16 heavy (non-hydrogen) atoms. The third-order valence-corrected chi connectivity index (χ3v) is 2.26. The van der Waals surface area contributed by atoms with Gasteiger partial charge in [-0.1, -0.05) is 12.1 Å². The minimum Gasteiger partial charge on any atom is -0.352 e. The van der Waals surface area contributed by atoms with Crippen LogP contribution in [0.4, 0.5) is 4.39 Å². The molecule has 1 aromatic rings. The predicted molar refractivity (Wildman–Crippen MR) is 61.4 cm³/mol. The van der Waals surface area contributed by atoms with Crippen molar-refractivity contribution in [3.63, 3.8) is 0 Å². The maximum absolute atomic E-state index is 12.7. The molecule has 0 saturated carbocycles. The van der Waals surface area contributed by atoms with Gasteiger partial charge in [-0.2, -0.15) is 0 Å². The Balaban J connectivity index is 2.48. The van der Waals surface area contributed by atoms with E-state index in [2.05, 4.69) is 5.32 Å². The van der Waals surface area contributed by atoms with Crippen LogP contribution in [0.3, 0.4) is 0 Å². The lowest BCUT2D eigenvalue weighted by Crippen LogP contribution is -2.43. The molecular weight excluding hydrogens is 207 g/mol. The minimum atomic E-state index is -0.504. The van der Waals surface area contributed by atoms with Crippen LogP contribution in [-0.4, -0.2) is 18.0 Å². The van der Waals surface area contributed by atoms with Gasteiger partial charge in [-0.3, -0.25) is 4.79 Å². The van der Waals surface area contributed by atoms with Crippen LogP contribution in [0.2, 0.25) is 0 Å². The van der Waals surface area contributed by atoms with E-state index in [-0.39, 0.29) is 17.8 Å². The fourth-order valence-corrected chi connectivity index (χ4v) is 1.40. The van der Waals surface area contributed by atoms with E-state index < -0.39 is 6.04 Å². The van der Waals surface area contributed by atoms with E-state index in [1.807, 2.05) is 6.92 Å². The molecule has 2 atom stereocenters. The normalized spacial score (nSPS) is 14.2. The van der Waals surface area contributed by atoms with E-state index in [0.29, 0.717) is 6.42 Å². The van der Waals surface area contributed by atoms with E-state index in [1.54, 1.807) is 19.1 Å². The molecule has 0 fully saturated rings. The number of halogens is 1. The molecule has 4 heteroatoms. The van der Waals surface area contributed by atoms with Crippen molar-refractivity contribution in [2.24, 2.45) is 5.73 Å². The van der Waals surface area contributed by atoms with Gasteiger partial charge in [-0.15, -0.1) is 0 Å². The predicted octanol–water partition coefficient (Wildman–Crippen LogP) is 1.22. The van der Waals surface area contributed by atoms with Crippen LogP contribution in [0, 0.1) is 5.82 Å². The highest BCUT2D eigenvalue weighted by atomic mass is 19.1. The number of carbonyl (C=O) groups excluding carboxylic acids is 1. The zero-order valence-corrected chi connectivity index (χ0v) is 9.53. The van der Waals surface area contributed by atoms with Gasteiger partial charge in [0.2, 0.25) is 5.91 Å². The Labute approximate surface area is 94.8 Å². The Morgan fingerprint density at radius 1 is 1.38 bits per heavy atom. The summed E-state index contributed by atoms with van der Waals surface area (Å²) in [5.41, 5.74) is 6.42. The second-order valence-electron chi connectivity index (χ2n) is 4.03. The second-order valence-corrected chi connectivity index (χ2v) is 4.03. The highest BCUT2D eigenvalue weighted by Crippen LogP contribution is 2.05. The average molecular weight is 224 g/mol. The maximum atomic E-state index is 12.7. The van der Waals surface area contributed by atoms with Crippen LogP contribution in [0.5, 0.6) is 0 Å². The Morgan fingerprint density at radius 2 is 1.94 bits per heavy atom. The Morgan fingerprint density at radius 3 is 2.44 bits per heavy atom. The van der Waals surface area contributed by atoms with Crippen molar-refractivity contribution in [2.45, 2.75) is 32.4 Å². The summed E-state index contributed by atoms with van der Waals surface area (Å²) < 4.78 is 12.7. The molecule has 0 saturated heterocycles. The van der Waals surface area contributed by atoms with Gasteiger partial charge in [-0.05, 0) is 38.0 Å². The van der Waals surface area contributed by atoms with Gasteiger partial charge < -0.3 is 11.1 Å². The summed E-state index contributed by atoms with van der Waals surface area (Å²) in [5.74, 6) is -0.425. The highest BCUT2D eigenvalue weighted by molar-refractivity contribution is 5.81. The van der Waals surface area contributed by atoms with Crippen LogP contribution in [0.1, 0.15) is 19.4 Å². The molecule has 3 nitrogen and oxygen atoms in total. The van der Waals surface area contributed by atoms with Crippen LogP contribution in [0.15, 0.2) is 24.3 Å². The van der Waals surface area contributed by atoms with Crippen molar-refractivity contribution in [1.82, 2.24) is 5.32 Å². The van der Waals surface area contributed by atoms with Crippen molar-refractivity contribution in [3.8, 4) is 0 Å². The lowest BCUT2D eigenvalue weighted by Gasteiger charge is -2.15. The number of benzene rings is 1. The number of hydrogen-bond donors (Lipinski definition) is 2. The Hall–Kier alpha value is -1.42. The van der Waals surface area contributed by atoms with Crippen molar-refractivity contribution in [1.29, 1.82) is 0 Å². The lowest BCUT2D eigenvalue weighted by molar-refractivity contribution is -0.122. The van der Waals surface area contributed by atoms with Crippen molar-refractivity contribution in [3.05, 3.63) is 35.6 Å². The highest BCUT2D eigenvalue weighted by Gasteiger charge is 2.11. The van der Waals surface area contributed by atoms with E-state index in [9.17, 15) is 9.18 Å². The van der Waals surface area contributed by atoms with Crippen LogP contribution in [-0.2, 0) is 11.2 Å². The van der Waals surface area contributed by atoms with Crippen LogP contribution >= 0.6 is 0 Å². The number of hydrogen-bond acceptors (Lipinski definition) is 2. The van der Waals surface area contributed by atoms with Gasteiger partial charge in [-0.25, -0.2) is 4.39 Å². The summed E-state index contributed by atoms with van der Waals surface area (Å²) in [7, 11) is 0. The van der Waals surface area contributed by atoms with E-state index in [0.717, 1.165) is 5.56 Å². The molecular formula is C12H17FN2O. The van der Waals surface area contributed by atoms with Crippen molar-refractivity contribution in [2.75, 3.05) is 0 Å². The number of nitrogens with two attached hydrogens (primary N) is 1. The zero-order valence-electron chi connectivity index (χ0n) is 9.53. The quantitative estimate of drug-likeness (QED) is 0.808. The van der Waals surface area contributed by atoms with Crippen LogP contribution in [0.25, 0.3) is 0 Å². The third-order valence-electron chi connectivity index (χ3n) is 2.26. The fourth-order valence-electron chi connectivity index (χ4n) is 1.40. The summed E-state index contributed by atoms with van der Waals surface area (Å²) in [6.45, 7) is 3.53. The smallest absolute Gasteiger partial charge is 0.236 e. The van der Waals surface area contributed by atoms with Crippen molar-refractivity contribution < 1.29 is 9.18 Å². The molecule has 0 spiro atoms. The van der Waals surface area contributed by atoms with Gasteiger partial charge in [0.05, 0.1) is 6.04 Å². The monoisotopic (exact) mass is 224 g/mol. The standard InChI is InChI=1S/C12H17FN2O/c1-8(15-12(16)9(2)14)7-10-3-5-11(13)6-4-10/h3-6,8-9H,7,14H2,1-2H3,(H,15,16)/t8?,9-/m1/s1. The van der Waals surface area contributed by atoms with E-state index in [4.69, 9.17) is 5.73 Å². The Kier molecular flexibility index (Phi) is 4.43. The SMILES string of the molecule is CC(Cc1ccc(F)cc1)NC(=O)[C@@H](C)N. The average Bonchev–Trinajstić information content (AvgIpc) is 2.21. The third kappa shape index (κ3) is 3.98. The zero-order chi connectivity index (χ0) is 12.1. The van der Waals surface area contributed by atoms with Gasteiger partial charge in [0, 0.05) is 6.04 Å². The first-order valence-electron chi connectivity index (χ1n) is 5.29. The summed E-state index contributed by atoms with van der Waals surface area (Å²) in [4.78, 5) is 11.3. The van der Waals surface area contributed by atoms with E-state index >= 15 is 0 Å².